The number of rotatable bonds is 6. The van der Waals surface area contributed by atoms with Gasteiger partial charge in [0, 0.05) is 6.42 Å². The Balaban J connectivity index is 0. The number of hydrogen-bond donors (Lipinski definition) is 5. The normalized spacial score (nSPS) is 12.9. The van der Waals surface area contributed by atoms with Crippen LogP contribution in [0.5, 0.6) is 0 Å². The van der Waals surface area contributed by atoms with Crippen molar-refractivity contribution in [2.75, 3.05) is 0 Å². The summed E-state index contributed by atoms with van der Waals surface area (Å²) in [4.78, 5) is 29.7. The summed E-state index contributed by atoms with van der Waals surface area (Å²) in [7, 11) is 0. The van der Waals surface area contributed by atoms with Crippen molar-refractivity contribution in [2.45, 2.75) is 30.2 Å². The van der Waals surface area contributed by atoms with Crippen LogP contribution in [0, 0.1) is 0 Å². The van der Waals surface area contributed by atoms with E-state index < -0.39 is 30.0 Å². The first-order valence-corrected chi connectivity index (χ1v) is 5.84. The minimum absolute atomic E-state index is 0.0231. The molecule has 0 aromatic heterocycles. The van der Waals surface area contributed by atoms with Crippen LogP contribution in [0.3, 0.4) is 0 Å². The zero-order valence-electron chi connectivity index (χ0n) is 8.94. The van der Waals surface area contributed by atoms with Gasteiger partial charge in [0.25, 0.3) is 0 Å². The molecule has 8 nitrogen and oxygen atoms in total. The fourth-order valence-corrected chi connectivity index (χ4v) is 0.808. The molecule has 0 fully saturated rings. The first-order valence-electron chi connectivity index (χ1n) is 4.51. The summed E-state index contributed by atoms with van der Waals surface area (Å²) in [5.74, 6) is -3.14. The molecule has 0 spiro atoms. The third kappa shape index (κ3) is 12.8. The zero-order valence-corrected chi connectivity index (χ0v) is 10.8. The van der Waals surface area contributed by atoms with Gasteiger partial charge in [-0.25, -0.2) is 0 Å². The summed E-state index contributed by atoms with van der Waals surface area (Å²) in [5.41, 5.74) is 10.0. The Hall–Kier alpha value is -1.15. The fourth-order valence-electron chi connectivity index (χ4n) is 0.481. The summed E-state index contributed by atoms with van der Waals surface area (Å²) in [6.45, 7) is 0. The van der Waals surface area contributed by atoms with Crippen molar-refractivity contribution in [3.63, 3.8) is 0 Å². The predicted octanol–water partition coefficient (Wildman–Crippen LogP) is -2.02. The third-order valence-corrected chi connectivity index (χ3v) is 2.33. The van der Waals surface area contributed by atoms with Gasteiger partial charge >= 0.3 is 60.9 Å². The van der Waals surface area contributed by atoms with Gasteiger partial charge in [-0.1, -0.05) is 0 Å². The molecular formula is C8H16N2O6Se. The molecule has 2 atom stereocenters. The number of nitrogens with two attached hydrogens (primary N) is 2. The Labute approximate surface area is 106 Å². The van der Waals surface area contributed by atoms with Crippen LogP contribution in [0.1, 0.15) is 12.8 Å². The Morgan fingerprint density at radius 2 is 1.41 bits per heavy atom. The van der Waals surface area contributed by atoms with Gasteiger partial charge in [-0.15, -0.1) is 0 Å². The quantitative estimate of drug-likeness (QED) is 0.350. The molecule has 1 unspecified atom stereocenters. The first kappa shape index (κ1) is 18.2. The van der Waals surface area contributed by atoms with Crippen LogP contribution < -0.4 is 11.5 Å². The molecule has 100 valence electrons. The summed E-state index contributed by atoms with van der Waals surface area (Å²) in [6, 6.07) is -1.77. The van der Waals surface area contributed by atoms with Crippen LogP contribution in [-0.4, -0.2) is 61.3 Å². The molecule has 0 aromatic rings. The minimum atomic E-state index is -1.17. The van der Waals surface area contributed by atoms with Crippen LogP contribution >= 0.6 is 0 Å². The SMILES string of the molecule is NC(CCC(=O)O)C(=O)O.N[C@@H](C[SeH])C(=O)O. The molecule has 0 radical (unpaired) electrons. The van der Waals surface area contributed by atoms with Crippen molar-refractivity contribution < 1.29 is 29.7 Å². The standard InChI is InChI=1S/C5H9NO4.C3H7NO2Se/c6-3(5(9)10)1-2-4(7)8;4-2(1-7)3(5)6/h3H,1-2,6H2,(H,7,8)(H,9,10);2,7H,1,4H2,(H,5,6)/t;2-/m.0/s1. The second-order valence-electron chi connectivity index (χ2n) is 3.00. The average Bonchev–Trinajstić information content (AvgIpc) is 2.24. The van der Waals surface area contributed by atoms with E-state index in [9.17, 15) is 14.4 Å². The second kappa shape index (κ2) is 10.0. The molecule has 0 saturated carbocycles. The molecule has 0 heterocycles. The van der Waals surface area contributed by atoms with Crippen molar-refractivity contribution in [1.82, 2.24) is 0 Å². The van der Waals surface area contributed by atoms with Gasteiger partial charge < -0.3 is 15.9 Å². The maximum atomic E-state index is 9.99. The molecule has 0 aliphatic carbocycles. The van der Waals surface area contributed by atoms with E-state index in [4.69, 9.17) is 26.8 Å². The summed E-state index contributed by atoms with van der Waals surface area (Å²) in [6.07, 6.45) is -0.224. The molecule has 0 rings (SSSR count). The Kier molecular flexibility index (Phi) is 10.8. The van der Waals surface area contributed by atoms with Crippen molar-refractivity contribution in [3.05, 3.63) is 0 Å². The molecule has 9 heteroatoms. The van der Waals surface area contributed by atoms with Gasteiger partial charge in [0.1, 0.15) is 6.04 Å². The Bertz CT molecular complexity index is 273. The summed E-state index contributed by atoms with van der Waals surface area (Å²) in [5, 5.41) is 24.8. The van der Waals surface area contributed by atoms with Crippen molar-refractivity contribution in [1.29, 1.82) is 0 Å². The van der Waals surface area contributed by atoms with Crippen LogP contribution in [0.4, 0.5) is 0 Å². The van der Waals surface area contributed by atoms with Crippen LogP contribution in [-0.2, 0) is 14.4 Å². The van der Waals surface area contributed by atoms with E-state index in [2.05, 4.69) is 16.0 Å². The monoisotopic (exact) mass is 316 g/mol. The molecule has 0 bridgehead atoms. The fraction of sp³-hybridized carbons (Fsp3) is 0.625. The molecule has 17 heavy (non-hydrogen) atoms. The van der Waals surface area contributed by atoms with E-state index in [0.29, 0.717) is 5.32 Å². The van der Waals surface area contributed by atoms with Gasteiger partial charge in [-0.05, 0) is 6.42 Å². The van der Waals surface area contributed by atoms with E-state index in [1.807, 2.05) is 0 Å². The van der Waals surface area contributed by atoms with E-state index in [1.165, 1.54) is 0 Å². The van der Waals surface area contributed by atoms with Gasteiger partial charge in [-0.3, -0.25) is 9.59 Å². The van der Waals surface area contributed by atoms with Crippen molar-refractivity contribution >= 4 is 33.9 Å². The van der Waals surface area contributed by atoms with E-state index in [0.717, 1.165) is 0 Å². The second-order valence-corrected chi connectivity index (χ2v) is 3.77. The first-order chi connectivity index (χ1) is 7.72. The van der Waals surface area contributed by atoms with E-state index >= 15 is 0 Å². The number of carboxylic acids is 3. The number of aliphatic carboxylic acids is 3. The predicted molar refractivity (Wildman–Crippen MR) is 60.0 cm³/mol. The molecule has 0 aliphatic rings. The number of carboxylic acid groups (broad SMARTS) is 3. The molecule has 7 N–H and O–H groups in total. The van der Waals surface area contributed by atoms with Gasteiger partial charge in [0.15, 0.2) is 0 Å². The van der Waals surface area contributed by atoms with Crippen molar-refractivity contribution in [3.8, 4) is 0 Å². The molecule has 0 saturated heterocycles. The van der Waals surface area contributed by atoms with Crippen molar-refractivity contribution in [2.24, 2.45) is 11.5 Å². The van der Waals surface area contributed by atoms with Crippen LogP contribution in [0.25, 0.3) is 0 Å². The Morgan fingerprint density at radius 1 is 1.00 bits per heavy atom. The van der Waals surface area contributed by atoms with E-state index in [1.54, 1.807) is 0 Å². The maximum absolute atomic E-state index is 9.99. The van der Waals surface area contributed by atoms with E-state index in [-0.39, 0.29) is 12.8 Å². The average molecular weight is 315 g/mol. The number of hydrogen-bond acceptors (Lipinski definition) is 5. The number of carbonyl (C=O) groups is 3. The summed E-state index contributed by atoms with van der Waals surface area (Å²) < 4.78 is 0. The topological polar surface area (TPSA) is 164 Å². The third-order valence-electron chi connectivity index (χ3n) is 1.50. The van der Waals surface area contributed by atoms with Gasteiger partial charge in [0.2, 0.25) is 0 Å². The molecular weight excluding hydrogens is 299 g/mol. The van der Waals surface area contributed by atoms with Crippen LogP contribution in [0.2, 0.25) is 5.32 Å². The molecule has 0 aromatic carbocycles. The summed E-state index contributed by atoms with van der Waals surface area (Å²) >= 11 is 2.13. The van der Waals surface area contributed by atoms with Gasteiger partial charge in [-0.2, -0.15) is 0 Å². The van der Waals surface area contributed by atoms with Gasteiger partial charge in [0.05, 0.1) is 0 Å². The zero-order chi connectivity index (χ0) is 14.0. The molecule has 0 aliphatic heterocycles. The van der Waals surface area contributed by atoms with Crippen LogP contribution in [0.15, 0.2) is 0 Å². The Morgan fingerprint density at radius 3 is 1.59 bits per heavy atom. The molecule has 0 amide bonds.